The fourth-order valence-corrected chi connectivity index (χ4v) is 4.41. The first-order valence-corrected chi connectivity index (χ1v) is 10.4. The molecule has 4 rings (SSSR count). The summed E-state index contributed by atoms with van der Waals surface area (Å²) in [6, 6.07) is 7.38. The SMILES string of the molecule is Cc1ccncc1-c1cc2cc(NC(=O)[C@H]3C(CC#N)C3CN(C)C)ncc2c(N)c1F. The van der Waals surface area contributed by atoms with Gasteiger partial charge < -0.3 is 16.0 Å². The average molecular weight is 433 g/mol. The number of nitriles is 1. The molecule has 2 aromatic heterocycles. The number of nitrogens with two attached hydrogens (primary N) is 1. The lowest BCUT2D eigenvalue weighted by Crippen LogP contribution is -2.20. The Labute approximate surface area is 186 Å². The van der Waals surface area contributed by atoms with Gasteiger partial charge in [0.15, 0.2) is 5.82 Å². The molecule has 0 aliphatic heterocycles. The van der Waals surface area contributed by atoms with Crippen molar-refractivity contribution >= 4 is 28.2 Å². The maximum absolute atomic E-state index is 15.0. The summed E-state index contributed by atoms with van der Waals surface area (Å²) in [6.45, 7) is 2.63. The second kappa shape index (κ2) is 8.52. The maximum atomic E-state index is 15.0. The van der Waals surface area contributed by atoms with E-state index < -0.39 is 5.82 Å². The fraction of sp³-hybridized carbons (Fsp3) is 0.333. The monoisotopic (exact) mass is 432 g/mol. The van der Waals surface area contributed by atoms with Crippen LogP contribution in [-0.4, -0.2) is 41.4 Å². The zero-order valence-electron chi connectivity index (χ0n) is 18.3. The summed E-state index contributed by atoms with van der Waals surface area (Å²) in [4.78, 5) is 23.3. The van der Waals surface area contributed by atoms with Gasteiger partial charge in [-0.25, -0.2) is 9.37 Å². The van der Waals surface area contributed by atoms with Crippen molar-refractivity contribution in [2.75, 3.05) is 31.7 Å². The van der Waals surface area contributed by atoms with Gasteiger partial charge in [-0.05, 0) is 62.0 Å². The Morgan fingerprint density at radius 3 is 2.75 bits per heavy atom. The molecule has 3 aromatic rings. The number of benzene rings is 1. The molecular formula is C24H25FN6O. The molecule has 164 valence electrons. The van der Waals surface area contributed by atoms with Gasteiger partial charge in [0, 0.05) is 54.0 Å². The van der Waals surface area contributed by atoms with E-state index in [0.29, 0.717) is 34.1 Å². The molecular weight excluding hydrogens is 407 g/mol. The third-order valence-corrected chi connectivity index (χ3v) is 6.12. The van der Waals surface area contributed by atoms with Gasteiger partial charge in [-0.1, -0.05) is 0 Å². The Balaban J connectivity index is 1.64. The summed E-state index contributed by atoms with van der Waals surface area (Å²) >= 11 is 0. The van der Waals surface area contributed by atoms with Crippen LogP contribution in [0.3, 0.4) is 0 Å². The number of nitrogens with one attached hydrogen (secondary N) is 1. The Bertz CT molecular complexity index is 1240. The number of amides is 1. The normalized spacial score (nSPS) is 19.7. The van der Waals surface area contributed by atoms with Gasteiger partial charge in [0.25, 0.3) is 0 Å². The van der Waals surface area contributed by atoms with Gasteiger partial charge in [0.2, 0.25) is 5.91 Å². The summed E-state index contributed by atoms with van der Waals surface area (Å²) < 4.78 is 15.0. The molecule has 32 heavy (non-hydrogen) atoms. The fourth-order valence-electron chi connectivity index (χ4n) is 4.41. The number of hydrogen-bond donors (Lipinski definition) is 2. The van der Waals surface area contributed by atoms with Crippen LogP contribution >= 0.6 is 0 Å². The first kappa shape index (κ1) is 21.7. The summed E-state index contributed by atoms with van der Waals surface area (Å²) in [7, 11) is 3.90. The molecule has 0 saturated heterocycles. The lowest BCUT2D eigenvalue weighted by Gasteiger charge is -2.13. The number of aromatic nitrogens is 2. The molecule has 3 atom stereocenters. The molecule has 0 bridgehead atoms. The standard InChI is InChI=1S/C24H25FN6O/c1-13-5-7-28-10-17(13)16-8-14-9-20(29-11-18(14)23(27)22(16)25)30-24(32)21-15(4-6-26)19(21)12-31(2)3/h5,7-11,15,19,21H,4,12,27H2,1-3H3,(H,29,30,32)/t15?,19?,21-/m0/s1. The number of fused-ring (bicyclic) bond motifs is 1. The van der Waals surface area contributed by atoms with E-state index in [2.05, 4.69) is 21.4 Å². The molecule has 0 radical (unpaired) electrons. The number of carbonyl (C=O) groups excluding carboxylic acids is 1. The Morgan fingerprint density at radius 2 is 2.06 bits per heavy atom. The number of hydrogen-bond acceptors (Lipinski definition) is 6. The number of carbonyl (C=O) groups is 1. The van der Waals surface area contributed by atoms with Crippen LogP contribution in [0, 0.1) is 41.8 Å². The van der Waals surface area contributed by atoms with Gasteiger partial charge in [-0.3, -0.25) is 9.78 Å². The van der Waals surface area contributed by atoms with Crippen molar-refractivity contribution in [2.45, 2.75) is 13.3 Å². The van der Waals surface area contributed by atoms with E-state index in [9.17, 15) is 4.79 Å². The molecule has 1 saturated carbocycles. The molecule has 1 aromatic carbocycles. The van der Waals surface area contributed by atoms with E-state index in [-0.39, 0.29) is 29.3 Å². The number of aryl methyl sites for hydroxylation is 1. The van der Waals surface area contributed by atoms with Crippen LogP contribution in [-0.2, 0) is 4.79 Å². The van der Waals surface area contributed by atoms with Gasteiger partial charge in [-0.2, -0.15) is 5.26 Å². The highest BCUT2D eigenvalue weighted by atomic mass is 19.1. The number of nitrogen functional groups attached to an aromatic ring is 1. The van der Waals surface area contributed by atoms with Crippen LogP contribution in [0.25, 0.3) is 21.9 Å². The lowest BCUT2D eigenvalue weighted by molar-refractivity contribution is -0.117. The molecule has 1 amide bonds. The van der Waals surface area contributed by atoms with Gasteiger partial charge in [0.1, 0.15) is 5.82 Å². The minimum atomic E-state index is -0.518. The molecule has 3 N–H and O–H groups in total. The van der Waals surface area contributed by atoms with Crippen molar-refractivity contribution in [1.29, 1.82) is 5.26 Å². The molecule has 7 nitrogen and oxygen atoms in total. The highest BCUT2D eigenvalue weighted by molar-refractivity contribution is 6.00. The molecule has 1 fully saturated rings. The van der Waals surface area contributed by atoms with Crippen molar-refractivity contribution < 1.29 is 9.18 Å². The maximum Gasteiger partial charge on any atom is 0.229 e. The number of pyridine rings is 2. The van der Waals surface area contributed by atoms with Crippen LogP contribution in [0.4, 0.5) is 15.9 Å². The van der Waals surface area contributed by atoms with E-state index in [1.54, 1.807) is 24.5 Å². The van der Waals surface area contributed by atoms with E-state index in [0.717, 1.165) is 12.1 Å². The minimum absolute atomic E-state index is 0.00783. The largest absolute Gasteiger partial charge is 0.396 e. The Morgan fingerprint density at radius 1 is 1.28 bits per heavy atom. The summed E-state index contributed by atoms with van der Waals surface area (Å²) in [5, 5.41) is 13.1. The third kappa shape index (κ3) is 3.99. The topological polar surface area (TPSA) is 108 Å². The van der Waals surface area contributed by atoms with Crippen molar-refractivity contribution in [3.05, 3.63) is 48.2 Å². The molecule has 2 unspecified atom stereocenters. The molecule has 1 aliphatic rings. The number of rotatable bonds is 6. The first-order valence-electron chi connectivity index (χ1n) is 10.4. The second-order valence-corrected chi connectivity index (χ2v) is 8.60. The van der Waals surface area contributed by atoms with E-state index in [1.807, 2.05) is 32.0 Å². The summed E-state index contributed by atoms with van der Waals surface area (Å²) in [5.41, 5.74) is 7.97. The predicted molar refractivity (Wildman–Crippen MR) is 122 cm³/mol. The Kier molecular flexibility index (Phi) is 5.76. The highest BCUT2D eigenvalue weighted by Crippen LogP contribution is 2.49. The zero-order valence-corrected chi connectivity index (χ0v) is 18.3. The molecule has 8 heteroatoms. The zero-order chi connectivity index (χ0) is 23.0. The van der Waals surface area contributed by atoms with Gasteiger partial charge in [0.05, 0.1) is 11.8 Å². The minimum Gasteiger partial charge on any atom is -0.396 e. The highest BCUT2D eigenvalue weighted by Gasteiger charge is 2.54. The van der Waals surface area contributed by atoms with Crippen LogP contribution in [0.2, 0.25) is 0 Å². The molecule has 2 heterocycles. The third-order valence-electron chi connectivity index (χ3n) is 6.12. The van der Waals surface area contributed by atoms with Crippen molar-refractivity contribution in [3.63, 3.8) is 0 Å². The second-order valence-electron chi connectivity index (χ2n) is 8.60. The Hall–Kier alpha value is -3.57. The van der Waals surface area contributed by atoms with Crippen LogP contribution in [0.1, 0.15) is 12.0 Å². The van der Waals surface area contributed by atoms with E-state index in [4.69, 9.17) is 11.0 Å². The van der Waals surface area contributed by atoms with Crippen molar-refractivity contribution in [3.8, 4) is 17.2 Å². The van der Waals surface area contributed by atoms with E-state index >= 15 is 4.39 Å². The molecule has 0 spiro atoms. The van der Waals surface area contributed by atoms with Gasteiger partial charge in [-0.15, -0.1) is 0 Å². The van der Waals surface area contributed by atoms with Crippen LogP contribution < -0.4 is 11.1 Å². The quantitative estimate of drug-likeness (QED) is 0.576. The summed E-state index contributed by atoms with van der Waals surface area (Å²) in [6.07, 6.45) is 5.08. The molecule has 1 aliphatic carbocycles. The smallest absolute Gasteiger partial charge is 0.229 e. The van der Waals surface area contributed by atoms with E-state index in [1.165, 1.54) is 6.20 Å². The average Bonchev–Trinajstić information content (AvgIpc) is 3.42. The van der Waals surface area contributed by atoms with Crippen molar-refractivity contribution in [1.82, 2.24) is 14.9 Å². The number of nitrogens with zero attached hydrogens (tertiary/aromatic N) is 4. The lowest BCUT2D eigenvalue weighted by atomic mass is 9.98. The first-order chi connectivity index (χ1) is 15.3. The van der Waals surface area contributed by atoms with Gasteiger partial charge >= 0.3 is 0 Å². The summed E-state index contributed by atoms with van der Waals surface area (Å²) in [5.74, 6) is -0.323. The van der Waals surface area contributed by atoms with Crippen molar-refractivity contribution in [2.24, 2.45) is 17.8 Å². The number of halogens is 1. The van der Waals surface area contributed by atoms with Crippen LogP contribution in [0.15, 0.2) is 36.8 Å². The number of anilines is 2. The van der Waals surface area contributed by atoms with Crippen LogP contribution in [0.5, 0.6) is 0 Å². The predicted octanol–water partition coefficient (Wildman–Crippen LogP) is 3.60.